The summed E-state index contributed by atoms with van der Waals surface area (Å²) in [5.74, 6) is -5.33. The van der Waals surface area contributed by atoms with E-state index in [-0.39, 0.29) is 18.0 Å². The number of halogens is 5. The first-order valence-corrected chi connectivity index (χ1v) is 4.02. The largest absolute Gasteiger partial charge is 0.314 e. The fourth-order valence-corrected chi connectivity index (χ4v) is 0.921. The molecule has 0 atom stereocenters. The van der Waals surface area contributed by atoms with Gasteiger partial charge in [-0.2, -0.15) is 8.78 Å². The number of Topliss-reactive ketones (excluding diaryl/α,β-unsaturated/α-hetero) is 1. The van der Waals surface area contributed by atoms with Crippen LogP contribution in [0.4, 0.5) is 17.6 Å². The zero-order valence-corrected chi connectivity index (χ0v) is 8.69. The van der Waals surface area contributed by atoms with E-state index in [1.165, 1.54) is 18.3 Å². The minimum atomic E-state index is -4.28. The molecule has 1 aromatic heterocycles. The van der Waals surface area contributed by atoms with Crippen molar-refractivity contribution < 1.29 is 22.4 Å². The highest BCUT2D eigenvalue weighted by molar-refractivity contribution is 5.96. The molecule has 0 saturated carbocycles. The molecule has 1 rings (SSSR count). The van der Waals surface area contributed by atoms with Gasteiger partial charge in [0.25, 0.3) is 0 Å². The topological polar surface area (TPSA) is 30.0 Å². The molecule has 16 heavy (non-hydrogen) atoms. The van der Waals surface area contributed by atoms with Crippen LogP contribution in [0.15, 0.2) is 24.5 Å². The van der Waals surface area contributed by atoms with Crippen molar-refractivity contribution in [2.45, 2.75) is 18.8 Å². The molecule has 2 nitrogen and oxygen atoms in total. The summed E-state index contributed by atoms with van der Waals surface area (Å²) in [6.45, 7) is 0. The quantitative estimate of drug-likeness (QED) is 0.613. The van der Waals surface area contributed by atoms with Crippen molar-refractivity contribution in [3.8, 4) is 0 Å². The molecule has 90 valence electrons. The molecule has 1 aromatic rings. The molecular weight excluding hydrogens is 250 g/mol. The van der Waals surface area contributed by atoms with Crippen LogP contribution in [0.5, 0.6) is 0 Å². The van der Waals surface area contributed by atoms with E-state index < -0.39 is 24.6 Å². The summed E-state index contributed by atoms with van der Waals surface area (Å²) >= 11 is 0. The predicted molar refractivity (Wildman–Crippen MR) is 51.4 cm³/mol. The average molecular weight is 258 g/mol. The van der Waals surface area contributed by atoms with E-state index in [2.05, 4.69) is 4.98 Å². The van der Waals surface area contributed by atoms with E-state index in [0.29, 0.717) is 0 Å². The van der Waals surface area contributed by atoms with Crippen molar-refractivity contribution in [3.63, 3.8) is 0 Å². The van der Waals surface area contributed by atoms with Crippen molar-refractivity contribution in [2.24, 2.45) is 0 Å². The van der Waals surface area contributed by atoms with Crippen LogP contribution in [0.25, 0.3) is 0 Å². The lowest BCUT2D eigenvalue weighted by Crippen LogP contribution is -2.29. The van der Waals surface area contributed by atoms with Crippen LogP contribution < -0.4 is 0 Å². The normalized spacial score (nSPS) is 11.1. The minimum absolute atomic E-state index is 0. The Labute approximate surface area is 95.1 Å². The number of hydrogen-bond donors (Lipinski definition) is 0. The summed E-state index contributed by atoms with van der Waals surface area (Å²) in [6.07, 6.45) is -2.93. The van der Waals surface area contributed by atoms with Gasteiger partial charge in [0, 0.05) is 18.0 Å². The average Bonchev–Trinajstić information content (AvgIpc) is 2.18. The van der Waals surface area contributed by atoms with Gasteiger partial charge in [0.1, 0.15) is 0 Å². The summed E-state index contributed by atoms with van der Waals surface area (Å²) in [6, 6.07) is 2.62. The summed E-state index contributed by atoms with van der Waals surface area (Å²) in [7, 11) is 0. The molecule has 0 fully saturated rings. The first kappa shape index (κ1) is 14.8. The lowest BCUT2D eigenvalue weighted by molar-refractivity contribution is -0.125. The number of rotatable bonds is 4. The van der Waals surface area contributed by atoms with Gasteiger partial charge in [0.15, 0.2) is 5.78 Å². The highest BCUT2D eigenvalue weighted by Crippen LogP contribution is 2.27. The van der Waals surface area contributed by atoms with E-state index in [0.717, 1.165) is 6.20 Å². The third-order valence-corrected chi connectivity index (χ3v) is 1.70. The molecule has 0 aliphatic rings. The van der Waals surface area contributed by atoms with Crippen molar-refractivity contribution >= 4 is 18.2 Å². The van der Waals surface area contributed by atoms with Gasteiger partial charge in [0.2, 0.25) is 0 Å². The second-order valence-corrected chi connectivity index (χ2v) is 2.90. The minimum Gasteiger partial charge on any atom is -0.294 e. The molecule has 0 spiro atoms. The van der Waals surface area contributed by atoms with Gasteiger partial charge in [-0.25, -0.2) is 8.78 Å². The SMILES string of the molecule is Cl.O=C(CC(F)(F)C(F)F)c1cccnc1. The van der Waals surface area contributed by atoms with Gasteiger partial charge >= 0.3 is 12.3 Å². The number of carbonyl (C=O) groups is 1. The number of ketones is 1. The van der Waals surface area contributed by atoms with Crippen LogP contribution in [-0.2, 0) is 0 Å². The Morgan fingerprint density at radius 3 is 2.50 bits per heavy atom. The molecular formula is C9H8ClF4NO. The number of aromatic nitrogens is 1. The summed E-state index contributed by atoms with van der Waals surface area (Å²) in [4.78, 5) is 14.6. The molecule has 7 heteroatoms. The molecule has 0 bridgehead atoms. The highest BCUT2D eigenvalue weighted by Gasteiger charge is 2.42. The van der Waals surface area contributed by atoms with Crippen LogP contribution in [0, 0.1) is 0 Å². The summed E-state index contributed by atoms with van der Waals surface area (Å²) < 4.78 is 48.5. The van der Waals surface area contributed by atoms with Gasteiger partial charge in [-0.3, -0.25) is 9.78 Å². The van der Waals surface area contributed by atoms with Crippen molar-refractivity contribution in [1.82, 2.24) is 4.98 Å². The maximum absolute atomic E-state index is 12.5. The summed E-state index contributed by atoms with van der Waals surface area (Å²) in [5.41, 5.74) is -0.0992. The molecule has 1 heterocycles. The highest BCUT2D eigenvalue weighted by atomic mass is 35.5. The zero-order valence-electron chi connectivity index (χ0n) is 7.87. The Bertz CT molecular complexity index is 345. The molecule has 0 aliphatic carbocycles. The monoisotopic (exact) mass is 257 g/mol. The number of hydrogen-bond acceptors (Lipinski definition) is 2. The number of pyridine rings is 1. The van der Waals surface area contributed by atoms with Gasteiger partial charge in [0.05, 0.1) is 6.42 Å². The Hall–Kier alpha value is -1.17. The standard InChI is InChI=1S/C9H7F4NO.ClH/c10-8(11)9(12,13)4-7(15)6-2-1-3-14-5-6;/h1-3,5,8H,4H2;1H. The molecule has 0 aliphatic heterocycles. The molecule has 0 aromatic carbocycles. The van der Waals surface area contributed by atoms with Gasteiger partial charge in [-0.1, -0.05) is 0 Å². The van der Waals surface area contributed by atoms with Crippen LogP contribution in [0.1, 0.15) is 16.8 Å². The maximum Gasteiger partial charge on any atom is 0.314 e. The van der Waals surface area contributed by atoms with Gasteiger partial charge in [-0.15, -0.1) is 12.4 Å². The Balaban J connectivity index is 0.00000225. The molecule has 0 amide bonds. The second-order valence-electron chi connectivity index (χ2n) is 2.90. The van der Waals surface area contributed by atoms with Crippen LogP contribution in [0.2, 0.25) is 0 Å². The van der Waals surface area contributed by atoms with Crippen LogP contribution in [0.3, 0.4) is 0 Å². The first-order chi connectivity index (χ1) is 6.93. The summed E-state index contributed by atoms with van der Waals surface area (Å²) in [5, 5.41) is 0. The van der Waals surface area contributed by atoms with E-state index in [1.807, 2.05) is 0 Å². The van der Waals surface area contributed by atoms with E-state index in [4.69, 9.17) is 0 Å². The Morgan fingerprint density at radius 2 is 2.06 bits per heavy atom. The Morgan fingerprint density at radius 1 is 1.44 bits per heavy atom. The van der Waals surface area contributed by atoms with E-state index >= 15 is 0 Å². The number of alkyl halides is 4. The fourth-order valence-electron chi connectivity index (χ4n) is 0.921. The van der Waals surface area contributed by atoms with Gasteiger partial charge < -0.3 is 0 Å². The predicted octanol–water partition coefficient (Wildman–Crippen LogP) is 2.98. The van der Waals surface area contributed by atoms with E-state index in [1.54, 1.807) is 0 Å². The van der Waals surface area contributed by atoms with Crippen molar-refractivity contribution in [1.29, 1.82) is 0 Å². The maximum atomic E-state index is 12.5. The molecule has 0 radical (unpaired) electrons. The van der Waals surface area contributed by atoms with Crippen molar-refractivity contribution in [2.75, 3.05) is 0 Å². The van der Waals surface area contributed by atoms with E-state index in [9.17, 15) is 22.4 Å². The van der Waals surface area contributed by atoms with Crippen molar-refractivity contribution in [3.05, 3.63) is 30.1 Å². The number of carbonyl (C=O) groups excluding carboxylic acids is 1. The lowest BCUT2D eigenvalue weighted by atomic mass is 10.1. The number of nitrogens with zero attached hydrogens (tertiary/aromatic N) is 1. The van der Waals surface area contributed by atoms with Crippen LogP contribution >= 0.6 is 12.4 Å². The Kier molecular flexibility index (Phi) is 5.37. The molecule has 0 unspecified atom stereocenters. The lowest BCUT2D eigenvalue weighted by Gasteiger charge is -2.13. The fraction of sp³-hybridized carbons (Fsp3) is 0.333. The zero-order chi connectivity index (χ0) is 11.5. The van der Waals surface area contributed by atoms with Crippen LogP contribution in [-0.4, -0.2) is 23.1 Å². The molecule has 0 N–H and O–H groups in total. The third-order valence-electron chi connectivity index (χ3n) is 1.70. The first-order valence-electron chi connectivity index (χ1n) is 4.02. The smallest absolute Gasteiger partial charge is 0.294 e. The third kappa shape index (κ3) is 3.77. The second kappa shape index (κ2) is 5.79. The van der Waals surface area contributed by atoms with Gasteiger partial charge in [-0.05, 0) is 12.1 Å². The molecule has 0 saturated heterocycles.